The highest BCUT2D eigenvalue weighted by Gasteiger charge is 2.22. The summed E-state index contributed by atoms with van der Waals surface area (Å²) in [6.07, 6.45) is 2.12. The molecular weight excluding hydrogens is 498 g/mol. The first-order valence-corrected chi connectivity index (χ1v) is 13.3. The number of rotatable bonds is 4. The highest BCUT2D eigenvalue weighted by molar-refractivity contribution is 5.96. The summed E-state index contributed by atoms with van der Waals surface area (Å²) < 4.78 is 36.2. The number of halogens is 1. The van der Waals surface area contributed by atoms with Crippen LogP contribution in [0.15, 0.2) is 115 Å². The Labute approximate surface area is 225 Å². The first-order valence-electron chi connectivity index (χ1n) is 12.0. The molecule has 0 saturated carbocycles. The van der Waals surface area contributed by atoms with Gasteiger partial charge in [0.05, 0.1) is 5.56 Å². The van der Waals surface area contributed by atoms with Crippen LogP contribution in [-0.4, -0.2) is 0 Å². The Morgan fingerprint density at radius 3 is 1.42 bits per heavy atom. The van der Waals surface area contributed by atoms with E-state index in [-0.39, 0.29) is 0 Å². The maximum atomic E-state index is 8.49. The molecule has 6 heteroatoms. The topological polar surface area (TPSA) is 96.1 Å². The van der Waals surface area contributed by atoms with Crippen LogP contribution < -0.4 is 23.2 Å². The third-order valence-corrected chi connectivity index (χ3v) is 6.28. The lowest BCUT2D eigenvalue weighted by Crippen LogP contribution is -2.68. The van der Waals surface area contributed by atoms with Crippen molar-refractivity contribution in [3.63, 3.8) is 0 Å². The van der Waals surface area contributed by atoms with E-state index in [9.17, 15) is 0 Å². The quantitative estimate of drug-likeness (QED) is 0.337. The molecule has 0 amide bonds. The average molecular weight is 526 g/mol. The minimum absolute atomic E-state index is 1.20. The monoisotopic (exact) mass is 525 g/mol. The molecule has 192 valence electrons. The van der Waals surface area contributed by atoms with Gasteiger partial charge in [-0.15, -0.1) is 10.2 Å². The van der Waals surface area contributed by atoms with Crippen molar-refractivity contribution < 1.29 is 33.4 Å². The molecule has 4 aromatic carbocycles. The highest BCUT2D eigenvalue weighted by Crippen LogP contribution is 2.42. The van der Waals surface area contributed by atoms with E-state index in [0.29, 0.717) is 0 Å². The van der Waals surface area contributed by atoms with Gasteiger partial charge in [-0.1, -0.05) is 90.0 Å². The molecule has 0 N–H and O–H groups in total. The van der Waals surface area contributed by atoms with E-state index in [1.54, 1.807) is 0 Å². The molecule has 0 aliphatic heterocycles. The molecule has 0 aliphatic rings. The van der Waals surface area contributed by atoms with Crippen molar-refractivity contribution in [2.75, 3.05) is 0 Å². The van der Waals surface area contributed by atoms with Crippen molar-refractivity contribution in [2.24, 2.45) is 7.05 Å². The number of pyridine rings is 1. The molecule has 0 unspecified atom stereocenters. The molecule has 0 atom stereocenters. The summed E-state index contributed by atoms with van der Waals surface area (Å²) in [5, 5.41) is 0. The summed E-state index contributed by atoms with van der Waals surface area (Å²) in [5.41, 5.74) is 12.4. The Morgan fingerprint density at radius 1 is 0.526 bits per heavy atom. The smallest absolute Gasteiger partial charge is 0.213 e. The largest absolute Gasteiger partial charge is 0.222 e. The fourth-order valence-corrected chi connectivity index (χ4v) is 4.42. The van der Waals surface area contributed by atoms with Gasteiger partial charge < -0.3 is 0 Å². The van der Waals surface area contributed by atoms with Crippen LogP contribution >= 0.6 is 0 Å². The minimum atomic E-state index is -4.94. The average Bonchev–Trinajstić information content (AvgIpc) is 2.89. The van der Waals surface area contributed by atoms with Gasteiger partial charge in [0.15, 0.2) is 6.20 Å². The molecule has 1 heterocycles. The predicted molar refractivity (Wildman–Crippen MR) is 139 cm³/mol. The summed E-state index contributed by atoms with van der Waals surface area (Å²) in [4.78, 5) is 0. The van der Waals surface area contributed by atoms with Gasteiger partial charge in [0.25, 0.3) is 0 Å². The molecule has 0 bridgehead atoms. The molecule has 1 aromatic heterocycles. The number of aryl methyl sites for hydroxylation is 3. The number of hydrogen-bond acceptors (Lipinski definition) is 4. The predicted octanol–water partition coefficient (Wildman–Crippen LogP) is 3.04. The van der Waals surface area contributed by atoms with Gasteiger partial charge in [-0.05, 0) is 65.4 Å². The van der Waals surface area contributed by atoms with E-state index in [1.807, 2.05) is 0 Å². The van der Waals surface area contributed by atoms with Gasteiger partial charge in [0, 0.05) is 12.1 Å². The lowest BCUT2D eigenvalue weighted by atomic mass is 9.86. The van der Waals surface area contributed by atoms with Gasteiger partial charge >= 0.3 is 0 Å². The fourth-order valence-electron chi connectivity index (χ4n) is 4.42. The van der Waals surface area contributed by atoms with E-state index in [1.165, 1.54) is 55.8 Å². The van der Waals surface area contributed by atoms with Gasteiger partial charge in [-0.25, -0.2) is 23.2 Å². The summed E-state index contributed by atoms with van der Waals surface area (Å²) in [6.45, 7) is 4.28. The van der Waals surface area contributed by atoms with Crippen molar-refractivity contribution in [1.82, 2.24) is 0 Å². The van der Waals surface area contributed by atoms with Crippen LogP contribution in [0.4, 0.5) is 0 Å². The highest BCUT2D eigenvalue weighted by atomic mass is 35.7. The van der Waals surface area contributed by atoms with Crippen molar-refractivity contribution >= 4 is 0 Å². The van der Waals surface area contributed by atoms with Crippen LogP contribution in [0.25, 0.3) is 44.6 Å². The van der Waals surface area contributed by atoms with Crippen LogP contribution in [0, 0.1) is 24.1 Å². The Kier molecular flexibility index (Phi) is 8.37. The van der Waals surface area contributed by atoms with Crippen LogP contribution in [0.1, 0.15) is 11.1 Å². The Bertz CT molecular complexity index is 1440. The standard InChI is InChI=1S/C32H28N.ClHO4/c1-23-12-16-26(17-13-23)29-21-28(25-9-5-4-6-10-25)22-30(27-18-14-24(2)15-19-27)32(29)31-11-7-8-20-33(31)3;2-1(3,4)5/h4-22H,1-3H3;(H,2,3,4,5)/q+1;/p-1. The molecular formula is C32H28ClNO4. The zero-order valence-electron chi connectivity index (χ0n) is 21.4. The van der Waals surface area contributed by atoms with Gasteiger partial charge in [-0.3, -0.25) is 0 Å². The van der Waals surface area contributed by atoms with E-state index >= 15 is 0 Å². The lowest BCUT2D eigenvalue weighted by molar-refractivity contribution is -2.00. The second kappa shape index (κ2) is 11.7. The zero-order valence-corrected chi connectivity index (χ0v) is 22.2. The third-order valence-electron chi connectivity index (χ3n) is 6.28. The molecule has 0 fully saturated rings. The summed E-state index contributed by atoms with van der Waals surface area (Å²) >= 11 is 0. The van der Waals surface area contributed by atoms with E-state index in [2.05, 4.69) is 141 Å². The molecule has 5 rings (SSSR count). The number of hydrogen-bond donors (Lipinski definition) is 0. The first-order chi connectivity index (χ1) is 18.1. The lowest BCUT2D eigenvalue weighted by Gasteiger charge is -2.17. The second-order valence-corrected chi connectivity index (χ2v) is 9.88. The van der Waals surface area contributed by atoms with Gasteiger partial charge in [0.1, 0.15) is 7.05 Å². The number of nitrogens with zero attached hydrogens (tertiary/aromatic N) is 1. The van der Waals surface area contributed by atoms with Crippen molar-refractivity contribution in [3.05, 3.63) is 127 Å². The van der Waals surface area contributed by atoms with Crippen LogP contribution in [0.5, 0.6) is 0 Å². The molecule has 0 spiro atoms. The van der Waals surface area contributed by atoms with Crippen LogP contribution in [0.2, 0.25) is 0 Å². The zero-order chi connectivity index (χ0) is 27.3. The maximum absolute atomic E-state index is 8.49. The first kappa shape index (κ1) is 27.2. The molecule has 0 saturated heterocycles. The van der Waals surface area contributed by atoms with Crippen LogP contribution in [-0.2, 0) is 7.05 Å². The second-order valence-electron chi connectivity index (χ2n) is 9.12. The maximum Gasteiger partial charge on any atom is 0.213 e. The Balaban J connectivity index is 0.000000617. The van der Waals surface area contributed by atoms with E-state index in [4.69, 9.17) is 18.6 Å². The summed E-state index contributed by atoms with van der Waals surface area (Å²) in [7, 11) is -2.82. The third kappa shape index (κ3) is 6.92. The molecule has 0 aliphatic carbocycles. The van der Waals surface area contributed by atoms with Crippen molar-refractivity contribution in [3.8, 4) is 44.6 Å². The molecule has 5 aromatic rings. The Morgan fingerprint density at radius 2 is 0.974 bits per heavy atom. The normalized spacial score (nSPS) is 11.0. The fraction of sp³-hybridized carbons (Fsp3) is 0.0938. The van der Waals surface area contributed by atoms with Crippen LogP contribution in [0.3, 0.4) is 0 Å². The van der Waals surface area contributed by atoms with Crippen molar-refractivity contribution in [1.29, 1.82) is 0 Å². The molecule has 5 nitrogen and oxygen atoms in total. The van der Waals surface area contributed by atoms with Crippen molar-refractivity contribution in [2.45, 2.75) is 13.8 Å². The van der Waals surface area contributed by atoms with Gasteiger partial charge in [0.2, 0.25) is 5.69 Å². The SMILES string of the molecule is Cc1ccc(-c2cc(-c3ccccc3)cc(-c3ccc(C)cc3)c2-c2cccc[n+]2C)cc1.[O-][Cl+3]([O-])([O-])[O-]. The van der Waals surface area contributed by atoms with E-state index in [0.717, 1.165) is 0 Å². The number of aromatic nitrogens is 1. The minimum Gasteiger partial charge on any atom is -0.222 e. The molecule has 38 heavy (non-hydrogen) atoms. The summed E-state index contributed by atoms with van der Waals surface area (Å²) in [6, 6.07) is 39.5. The summed E-state index contributed by atoms with van der Waals surface area (Å²) in [5.74, 6) is 0. The van der Waals surface area contributed by atoms with E-state index < -0.39 is 10.2 Å². The Hall–Kier alpha value is -3.84. The number of benzene rings is 4. The van der Waals surface area contributed by atoms with Gasteiger partial charge in [-0.2, -0.15) is 0 Å². The molecule has 0 radical (unpaired) electrons.